The number of aliphatic hydroxyl groups is 1. The van der Waals surface area contributed by atoms with E-state index in [-0.39, 0.29) is 18.7 Å². The second-order valence-corrected chi connectivity index (χ2v) is 31.3. The first-order valence-corrected chi connectivity index (χ1v) is 33.6. The zero-order valence-corrected chi connectivity index (χ0v) is 47.8. The van der Waals surface area contributed by atoms with Gasteiger partial charge in [-0.25, -0.2) is 0 Å². The van der Waals surface area contributed by atoms with Crippen LogP contribution in [0.2, 0.25) is 42.8 Å². The Labute approximate surface area is 396 Å². The van der Waals surface area contributed by atoms with Gasteiger partial charge in [-0.15, -0.1) is 0 Å². The van der Waals surface area contributed by atoms with Gasteiger partial charge < -0.3 is 81.0 Å². The Hall–Kier alpha value is -2.65. The molecule has 0 amide bonds. The van der Waals surface area contributed by atoms with Crippen LogP contribution in [0.1, 0.15) is 69.2 Å². The second-order valence-electron chi connectivity index (χ2n) is 13.2. The summed E-state index contributed by atoms with van der Waals surface area (Å²) in [4.78, 5) is 76.0. The normalized spacial score (nSPS) is 11.8. The standard InChI is InChI=1S/C14H22O12Si2.C13H32O5Si2.C8H22O6Si2.CH2O/c1-10(16)22-27(9-21-8-15,23-11(2)17)6-7-28(24-12(3)18,25-13(4)19)26-14(5)20;1-7-14-19(6,15-8-2)12-13-20(16-9-3,17-10-4)18-11-5;1-10-15(8-9,11-2)6-7-16(12-3,13-4)14-5;1-2/h8H,6-7,9H2,1-5H3;7-13H2,1-6H3;9H,6-8H2,1-5H3;1H2. The van der Waals surface area contributed by atoms with Crippen molar-refractivity contribution in [2.45, 2.75) is 112 Å². The van der Waals surface area contributed by atoms with Crippen LogP contribution in [0, 0.1) is 0 Å². The van der Waals surface area contributed by atoms with E-state index < -0.39 is 94.2 Å². The summed E-state index contributed by atoms with van der Waals surface area (Å²) in [5.74, 6) is -4.36. The number of carbonyl (C=O) groups is 7. The van der Waals surface area contributed by atoms with E-state index in [1.54, 1.807) is 35.5 Å². The predicted molar refractivity (Wildman–Crippen MR) is 247 cm³/mol. The summed E-state index contributed by atoms with van der Waals surface area (Å²) in [6, 6.07) is 1.94. The van der Waals surface area contributed by atoms with Crippen LogP contribution >= 0.6 is 0 Å². The first-order chi connectivity index (χ1) is 30.9. The average molecular weight is 1060 g/mol. The van der Waals surface area contributed by atoms with Gasteiger partial charge in [-0.3, -0.25) is 28.8 Å². The summed E-state index contributed by atoms with van der Waals surface area (Å²) >= 11 is 0. The fourth-order valence-electron chi connectivity index (χ4n) is 5.73. The van der Waals surface area contributed by atoms with Crippen molar-refractivity contribution in [1.29, 1.82) is 0 Å². The highest BCUT2D eigenvalue weighted by Gasteiger charge is 2.57. The molecule has 0 aliphatic heterocycles. The van der Waals surface area contributed by atoms with Crippen LogP contribution in [0.3, 0.4) is 0 Å². The van der Waals surface area contributed by atoms with Gasteiger partial charge >= 0.3 is 52.1 Å². The molecule has 24 nitrogen and oxygen atoms in total. The average Bonchev–Trinajstić information content (AvgIpc) is 3.24. The lowest BCUT2D eigenvalue weighted by Gasteiger charge is -2.32. The summed E-state index contributed by atoms with van der Waals surface area (Å²) in [6.07, 6.45) is -0.665. The lowest BCUT2D eigenvalue weighted by molar-refractivity contribution is -0.149. The van der Waals surface area contributed by atoms with E-state index in [0.717, 1.165) is 46.7 Å². The second kappa shape index (κ2) is 38.2. The minimum Gasteiger partial charge on any atom is -0.483 e. The van der Waals surface area contributed by atoms with E-state index in [2.05, 4.69) is 11.3 Å². The van der Waals surface area contributed by atoms with Crippen molar-refractivity contribution >= 4 is 95.2 Å². The highest BCUT2D eigenvalue weighted by atomic mass is 28.4. The summed E-state index contributed by atoms with van der Waals surface area (Å²) in [7, 11) is -10.3. The molecule has 0 aromatic heterocycles. The van der Waals surface area contributed by atoms with Gasteiger partial charge in [0, 0.05) is 121 Å². The van der Waals surface area contributed by atoms with E-state index in [1.807, 2.05) is 41.4 Å². The number of ether oxygens (including phenoxy) is 1. The summed E-state index contributed by atoms with van der Waals surface area (Å²) < 4.78 is 85.7. The van der Waals surface area contributed by atoms with Crippen LogP contribution in [-0.2, 0) is 105 Å². The van der Waals surface area contributed by atoms with Crippen molar-refractivity contribution in [2.24, 2.45) is 0 Å². The maximum Gasteiger partial charge on any atom is 0.705 e. The van der Waals surface area contributed by atoms with Crippen molar-refractivity contribution in [3.05, 3.63) is 0 Å². The predicted octanol–water partition coefficient (Wildman–Crippen LogP) is 3.02. The molecule has 0 saturated carbocycles. The molecule has 0 radical (unpaired) electrons. The molecular weight excluding hydrogens is 985 g/mol. The van der Waals surface area contributed by atoms with E-state index in [4.69, 9.17) is 71.2 Å². The summed E-state index contributed by atoms with van der Waals surface area (Å²) in [6.45, 7) is 22.4. The number of carbonyl (C=O) groups excluding carboxylic acids is 7. The molecule has 0 aliphatic carbocycles. The van der Waals surface area contributed by atoms with Crippen LogP contribution in [-0.4, -0.2) is 181 Å². The Morgan fingerprint density at radius 2 is 0.773 bits per heavy atom. The summed E-state index contributed by atoms with van der Waals surface area (Å²) in [5.41, 5.74) is 0. The van der Waals surface area contributed by atoms with Gasteiger partial charge in [0.25, 0.3) is 36.3 Å². The van der Waals surface area contributed by atoms with Gasteiger partial charge in [0.2, 0.25) is 0 Å². The first-order valence-electron chi connectivity index (χ1n) is 20.8. The van der Waals surface area contributed by atoms with E-state index in [9.17, 15) is 33.9 Å². The van der Waals surface area contributed by atoms with E-state index in [1.165, 1.54) is 0 Å². The molecule has 0 aromatic rings. The van der Waals surface area contributed by atoms with Crippen molar-refractivity contribution < 1.29 is 110 Å². The number of rotatable bonds is 33. The lowest BCUT2D eigenvalue weighted by atomic mass is 10.8. The van der Waals surface area contributed by atoms with Crippen LogP contribution in [0.4, 0.5) is 0 Å². The van der Waals surface area contributed by atoms with Gasteiger partial charge in [-0.05, 0) is 53.3 Å². The molecule has 390 valence electrons. The van der Waals surface area contributed by atoms with Gasteiger partial charge in [0.05, 0.1) is 12.3 Å². The Kier molecular flexibility index (Phi) is 40.5. The van der Waals surface area contributed by atoms with E-state index in [0.29, 0.717) is 45.1 Å². The molecule has 0 unspecified atom stereocenters. The molecule has 30 heteroatoms. The number of aliphatic hydroxyl groups excluding tert-OH is 1. The highest BCUT2D eigenvalue weighted by molar-refractivity contribution is 6.74. The smallest absolute Gasteiger partial charge is 0.483 e. The Morgan fingerprint density at radius 1 is 0.455 bits per heavy atom. The van der Waals surface area contributed by atoms with Crippen LogP contribution in [0.25, 0.3) is 0 Å². The van der Waals surface area contributed by atoms with Crippen molar-refractivity contribution in [3.63, 3.8) is 0 Å². The molecule has 0 aliphatic rings. The van der Waals surface area contributed by atoms with Crippen molar-refractivity contribution in [3.8, 4) is 0 Å². The number of hydrogen-bond donors (Lipinski definition) is 1. The molecular formula is C36H78O24Si6. The molecule has 0 heterocycles. The zero-order valence-electron chi connectivity index (χ0n) is 41.8. The first kappa shape index (κ1) is 69.9. The largest absolute Gasteiger partial charge is 0.705 e. The van der Waals surface area contributed by atoms with Crippen LogP contribution < -0.4 is 0 Å². The minimum atomic E-state index is -4.28. The van der Waals surface area contributed by atoms with Gasteiger partial charge in [0.15, 0.2) is 6.23 Å². The molecule has 0 saturated heterocycles. The van der Waals surface area contributed by atoms with Crippen LogP contribution in [0.5, 0.6) is 0 Å². The molecule has 0 fully saturated rings. The molecule has 0 rings (SSSR count). The van der Waals surface area contributed by atoms with Gasteiger partial charge in [-0.2, -0.15) is 0 Å². The minimum absolute atomic E-state index is 0.0592. The fraction of sp³-hybridized carbons (Fsp3) is 0.806. The fourth-order valence-corrected chi connectivity index (χ4v) is 23.6. The molecule has 1 N–H and O–H groups in total. The maximum atomic E-state index is 11.5. The molecule has 66 heavy (non-hydrogen) atoms. The molecule has 0 aromatic carbocycles. The van der Waals surface area contributed by atoms with E-state index >= 15 is 0 Å². The van der Waals surface area contributed by atoms with Crippen molar-refractivity contribution in [1.82, 2.24) is 0 Å². The number of hydrogen-bond acceptors (Lipinski definition) is 24. The van der Waals surface area contributed by atoms with Gasteiger partial charge in [-0.1, -0.05) is 0 Å². The monoisotopic (exact) mass is 1060 g/mol. The zero-order chi connectivity index (χ0) is 52.1. The Bertz CT molecular complexity index is 1240. The third-order valence-electron chi connectivity index (χ3n) is 8.35. The highest BCUT2D eigenvalue weighted by Crippen LogP contribution is 2.28. The third-order valence-corrected chi connectivity index (χ3v) is 27.2. The lowest BCUT2D eigenvalue weighted by Crippen LogP contribution is -2.54. The molecule has 0 spiro atoms. The van der Waals surface area contributed by atoms with Gasteiger partial charge in [0.1, 0.15) is 6.79 Å². The Balaban J connectivity index is -0.000000446. The summed E-state index contributed by atoms with van der Waals surface area (Å²) in [5, 5.41) is 9.30. The Morgan fingerprint density at radius 3 is 1.05 bits per heavy atom. The third kappa shape index (κ3) is 30.0. The SMILES string of the molecule is C=O.CC(=O)O[Si](CC[Si](OC(C)=O)(OC(C)=O)OC(C)=O)(COC=O)OC(C)=O.CCO[Si](C)(CC[Si](OCC)(OCC)OCC)OCC.CO[Si](CO)(CC[Si](OC)(OC)OC)OC. The van der Waals surface area contributed by atoms with Crippen LogP contribution in [0.15, 0.2) is 0 Å². The molecule has 0 bridgehead atoms. The van der Waals surface area contributed by atoms with Crippen molar-refractivity contribution in [2.75, 3.05) is 81.0 Å². The quantitative estimate of drug-likeness (QED) is 0.0730. The maximum absolute atomic E-state index is 11.5. The topological polar surface area (TPSA) is 287 Å². The molecule has 0 atom stereocenters.